The smallest absolute Gasteiger partial charge is 0.245 e. The second kappa shape index (κ2) is 7.55. The summed E-state index contributed by atoms with van der Waals surface area (Å²) in [5.74, 6) is 0.173. The number of hydrogen-bond acceptors (Lipinski definition) is 4. The summed E-state index contributed by atoms with van der Waals surface area (Å²) in [6.45, 7) is -0.380. The van der Waals surface area contributed by atoms with E-state index in [0.717, 1.165) is 10.6 Å². The van der Waals surface area contributed by atoms with Gasteiger partial charge in [-0.2, -0.15) is 0 Å². The highest BCUT2D eigenvalue weighted by molar-refractivity contribution is 7.92. The first-order valence-corrected chi connectivity index (χ1v) is 9.20. The van der Waals surface area contributed by atoms with Crippen LogP contribution in [0, 0.1) is 0 Å². The summed E-state index contributed by atoms with van der Waals surface area (Å²) in [4.78, 5) is 12.2. The Morgan fingerprint density at radius 3 is 2.33 bits per heavy atom. The second-order valence-electron chi connectivity index (χ2n) is 5.00. The zero-order valence-electron chi connectivity index (χ0n) is 13.2. The standard InChI is InChI=1S/C16H17ClN2O4S/c1-23-13-9-7-12(8-10-13)18-16(20)11-19(24(2,21)22)15-6-4-3-5-14(15)17/h3-10H,11H2,1-2H3,(H,18,20). The lowest BCUT2D eigenvalue weighted by molar-refractivity contribution is -0.114. The number of hydrogen-bond donors (Lipinski definition) is 1. The van der Waals surface area contributed by atoms with Gasteiger partial charge in [-0.05, 0) is 36.4 Å². The average Bonchev–Trinajstić information content (AvgIpc) is 2.53. The molecule has 2 aromatic rings. The summed E-state index contributed by atoms with van der Waals surface area (Å²) in [6, 6.07) is 13.2. The molecule has 0 aliphatic carbocycles. The Hall–Kier alpha value is -2.25. The molecule has 0 unspecified atom stereocenters. The third kappa shape index (κ3) is 4.62. The molecule has 0 aromatic heterocycles. The highest BCUT2D eigenvalue weighted by Gasteiger charge is 2.22. The van der Waals surface area contributed by atoms with Crippen molar-refractivity contribution in [2.24, 2.45) is 0 Å². The van der Waals surface area contributed by atoms with Gasteiger partial charge in [-0.1, -0.05) is 23.7 Å². The maximum atomic E-state index is 12.2. The summed E-state index contributed by atoms with van der Waals surface area (Å²) in [6.07, 6.45) is 1.02. The third-order valence-corrected chi connectivity index (χ3v) is 4.63. The number of amides is 1. The number of nitrogens with one attached hydrogen (secondary N) is 1. The van der Waals surface area contributed by atoms with Crippen molar-refractivity contribution in [3.05, 3.63) is 53.6 Å². The number of nitrogens with zero attached hydrogens (tertiary/aromatic N) is 1. The van der Waals surface area contributed by atoms with Crippen LogP contribution in [0.5, 0.6) is 5.75 Å². The molecule has 128 valence electrons. The molecule has 0 atom stereocenters. The van der Waals surface area contributed by atoms with E-state index in [2.05, 4.69) is 5.32 Å². The summed E-state index contributed by atoms with van der Waals surface area (Å²) in [7, 11) is -2.13. The van der Waals surface area contributed by atoms with E-state index >= 15 is 0 Å². The molecule has 2 aromatic carbocycles. The van der Waals surface area contributed by atoms with Gasteiger partial charge in [-0.3, -0.25) is 9.10 Å². The van der Waals surface area contributed by atoms with E-state index in [9.17, 15) is 13.2 Å². The Labute approximate surface area is 146 Å². The number of rotatable bonds is 6. The second-order valence-corrected chi connectivity index (χ2v) is 7.31. The molecule has 6 nitrogen and oxygen atoms in total. The molecule has 0 spiro atoms. The minimum Gasteiger partial charge on any atom is -0.497 e. The number of methoxy groups -OCH3 is 1. The van der Waals surface area contributed by atoms with Gasteiger partial charge in [-0.25, -0.2) is 8.42 Å². The van der Waals surface area contributed by atoms with Crippen molar-refractivity contribution in [1.82, 2.24) is 0 Å². The molecule has 0 radical (unpaired) electrons. The molecular weight excluding hydrogens is 352 g/mol. The fraction of sp³-hybridized carbons (Fsp3) is 0.188. The quantitative estimate of drug-likeness (QED) is 0.850. The van der Waals surface area contributed by atoms with E-state index in [1.807, 2.05) is 0 Å². The monoisotopic (exact) mass is 368 g/mol. The molecule has 24 heavy (non-hydrogen) atoms. The molecule has 0 bridgehead atoms. The molecule has 1 amide bonds. The zero-order valence-corrected chi connectivity index (χ0v) is 14.8. The molecule has 0 aliphatic rings. The van der Waals surface area contributed by atoms with E-state index in [1.54, 1.807) is 55.6 Å². The van der Waals surface area contributed by atoms with Gasteiger partial charge in [0.1, 0.15) is 12.3 Å². The predicted octanol–water partition coefficient (Wildman–Crippen LogP) is 2.75. The zero-order chi connectivity index (χ0) is 17.7. The average molecular weight is 369 g/mol. The first kappa shape index (κ1) is 18.1. The summed E-state index contributed by atoms with van der Waals surface area (Å²) in [5, 5.41) is 2.89. The van der Waals surface area contributed by atoms with E-state index in [0.29, 0.717) is 11.4 Å². The van der Waals surface area contributed by atoms with Gasteiger partial charge in [0, 0.05) is 5.69 Å². The number of sulfonamides is 1. The first-order valence-electron chi connectivity index (χ1n) is 6.97. The van der Waals surface area contributed by atoms with Gasteiger partial charge in [0.25, 0.3) is 0 Å². The topological polar surface area (TPSA) is 75.7 Å². The fourth-order valence-corrected chi connectivity index (χ4v) is 3.20. The normalized spacial score (nSPS) is 11.0. The van der Waals surface area contributed by atoms with Gasteiger partial charge in [0.05, 0.1) is 24.1 Å². The SMILES string of the molecule is COc1ccc(NC(=O)CN(c2ccccc2Cl)S(C)(=O)=O)cc1. The van der Waals surface area contributed by atoms with Crippen molar-refractivity contribution < 1.29 is 17.9 Å². The molecule has 0 fully saturated rings. The van der Waals surface area contributed by atoms with Crippen LogP contribution in [0.25, 0.3) is 0 Å². The minimum absolute atomic E-state index is 0.250. The van der Waals surface area contributed by atoms with Gasteiger partial charge in [0.2, 0.25) is 15.9 Å². The maximum Gasteiger partial charge on any atom is 0.245 e. The molecular formula is C16H17ClN2O4S. The summed E-state index contributed by atoms with van der Waals surface area (Å²) in [5.41, 5.74) is 0.792. The fourth-order valence-electron chi connectivity index (χ4n) is 2.04. The highest BCUT2D eigenvalue weighted by atomic mass is 35.5. The minimum atomic E-state index is -3.67. The van der Waals surface area contributed by atoms with Crippen LogP contribution in [0.2, 0.25) is 5.02 Å². The van der Waals surface area contributed by atoms with Gasteiger partial charge >= 0.3 is 0 Å². The number of para-hydroxylation sites is 1. The highest BCUT2D eigenvalue weighted by Crippen LogP contribution is 2.27. The van der Waals surface area contributed by atoms with Crippen LogP contribution in [-0.2, 0) is 14.8 Å². The van der Waals surface area contributed by atoms with Crippen LogP contribution < -0.4 is 14.4 Å². The Kier molecular flexibility index (Phi) is 5.69. The molecule has 0 saturated heterocycles. The van der Waals surface area contributed by atoms with Crippen molar-refractivity contribution in [2.45, 2.75) is 0 Å². The number of carbonyl (C=O) groups is 1. The van der Waals surface area contributed by atoms with Crippen LogP contribution in [0.1, 0.15) is 0 Å². The van der Waals surface area contributed by atoms with Crippen molar-refractivity contribution in [2.75, 3.05) is 29.5 Å². The van der Waals surface area contributed by atoms with Crippen molar-refractivity contribution in [3.8, 4) is 5.75 Å². The lowest BCUT2D eigenvalue weighted by Gasteiger charge is -2.22. The predicted molar refractivity (Wildman–Crippen MR) is 95.3 cm³/mol. The van der Waals surface area contributed by atoms with Gasteiger partial charge in [0.15, 0.2) is 0 Å². The summed E-state index contributed by atoms with van der Waals surface area (Å²) < 4.78 is 30.1. The molecule has 2 rings (SSSR count). The van der Waals surface area contributed by atoms with Gasteiger partial charge < -0.3 is 10.1 Å². The lowest BCUT2D eigenvalue weighted by atomic mass is 10.3. The maximum absolute atomic E-state index is 12.2. The van der Waals surface area contributed by atoms with Crippen LogP contribution in [0.3, 0.4) is 0 Å². The lowest BCUT2D eigenvalue weighted by Crippen LogP contribution is -2.37. The molecule has 1 N–H and O–H groups in total. The number of anilines is 2. The van der Waals surface area contributed by atoms with Gasteiger partial charge in [-0.15, -0.1) is 0 Å². The number of ether oxygens (including phenoxy) is 1. The summed E-state index contributed by atoms with van der Waals surface area (Å²) >= 11 is 6.05. The number of halogens is 1. The van der Waals surface area contributed by atoms with Crippen molar-refractivity contribution in [3.63, 3.8) is 0 Å². The Bertz CT molecular complexity index is 822. The van der Waals surface area contributed by atoms with E-state index in [1.165, 1.54) is 0 Å². The molecule has 0 aliphatic heterocycles. The Morgan fingerprint density at radius 1 is 1.17 bits per heavy atom. The largest absolute Gasteiger partial charge is 0.497 e. The van der Waals surface area contributed by atoms with Crippen LogP contribution >= 0.6 is 11.6 Å². The van der Waals surface area contributed by atoms with Crippen LogP contribution in [-0.4, -0.2) is 34.2 Å². The van der Waals surface area contributed by atoms with Crippen LogP contribution in [0.4, 0.5) is 11.4 Å². The number of carbonyl (C=O) groups excluding carboxylic acids is 1. The molecule has 0 heterocycles. The molecule has 0 saturated carbocycles. The Balaban J connectivity index is 2.17. The van der Waals surface area contributed by atoms with Crippen molar-refractivity contribution in [1.29, 1.82) is 0 Å². The van der Waals surface area contributed by atoms with E-state index in [-0.39, 0.29) is 17.3 Å². The first-order chi connectivity index (χ1) is 11.3. The molecule has 8 heteroatoms. The number of benzene rings is 2. The Morgan fingerprint density at radius 2 is 1.79 bits per heavy atom. The van der Waals surface area contributed by atoms with E-state index < -0.39 is 15.9 Å². The third-order valence-electron chi connectivity index (χ3n) is 3.18. The van der Waals surface area contributed by atoms with E-state index in [4.69, 9.17) is 16.3 Å². The van der Waals surface area contributed by atoms with Crippen molar-refractivity contribution >= 4 is 38.9 Å². The van der Waals surface area contributed by atoms with Crippen LogP contribution in [0.15, 0.2) is 48.5 Å².